The van der Waals surface area contributed by atoms with E-state index in [0.717, 1.165) is 11.4 Å². The van der Waals surface area contributed by atoms with E-state index < -0.39 is 0 Å². The van der Waals surface area contributed by atoms with Crippen LogP contribution in [0, 0.1) is 6.92 Å². The largest absolute Gasteiger partial charge is 0.464 e. The smallest absolute Gasteiger partial charge is 0.274 e. The molecule has 0 aliphatic rings. The summed E-state index contributed by atoms with van der Waals surface area (Å²) in [7, 11) is 0. The van der Waals surface area contributed by atoms with Crippen molar-refractivity contribution in [1.29, 1.82) is 0 Å². The van der Waals surface area contributed by atoms with Crippen molar-refractivity contribution >= 4 is 5.91 Å². The van der Waals surface area contributed by atoms with E-state index in [4.69, 9.17) is 4.42 Å². The van der Waals surface area contributed by atoms with E-state index in [0.29, 0.717) is 5.76 Å². The molecular formula is C16H16N4O2. The number of hydrogen-bond donors (Lipinski definition) is 1. The van der Waals surface area contributed by atoms with Gasteiger partial charge in [0.2, 0.25) is 0 Å². The van der Waals surface area contributed by atoms with E-state index in [2.05, 4.69) is 15.5 Å². The Morgan fingerprint density at radius 1 is 1.23 bits per heavy atom. The average molecular weight is 296 g/mol. The summed E-state index contributed by atoms with van der Waals surface area (Å²) >= 11 is 0. The Balaban J connectivity index is 1.72. The lowest BCUT2D eigenvalue weighted by Crippen LogP contribution is -2.26. The molecule has 6 nitrogen and oxygen atoms in total. The molecule has 1 amide bonds. The van der Waals surface area contributed by atoms with Gasteiger partial charge in [0.05, 0.1) is 17.9 Å². The van der Waals surface area contributed by atoms with Crippen LogP contribution in [0.4, 0.5) is 0 Å². The minimum Gasteiger partial charge on any atom is -0.464 e. The van der Waals surface area contributed by atoms with Crippen LogP contribution < -0.4 is 5.32 Å². The molecule has 0 saturated carbocycles. The third kappa shape index (κ3) is 2.90. The number of furan rings is 1. The quantitative estimate of drug-likeness (QED) is 0.803. The van der Waals surface area contributed by atoms with Crippen LogP contribution in [0.15, 0.2) is 53.1 Å². The molecule has 6 heteroatoms. The zero-order valence-corrected chi connectivity index (χ0v) is 12.4. The molecular weight excluding hydrogens is 280 g/mol. The Morgan fingerprint density at radius 3 is 2.68 bits per heavy atom. The molecule has 0 fully saturated rings. The normalized spacial score (nSPS) is 12.1. The number of benzene rings is 1. The summed E-state index contributed by atoms with van der Waals surface area (Å²) in [5, 5.41) is 11.2. The van der Waals surface area contributed by atoms with Gasteiger partial charge in [0, 0.05) is 0 Å². The van der Waals surface area contributed by atoms with Crippen LogP contribution in [-0.4, -0.2) is 20.9 Å². The van der Waals surface area contributed by atoms with Crippen LogP contribution >= 0.6 is 0 Å². The molecule has 112 valence electrons. The van der Waals surface area contributed by atoms with Gasteiger partial charge in [-0.2, -0.15) is 9.90 Å². The maximum Gasteiger partial charge on any atom is 0.274 e. The summed E-state index contributed by atoms with van der Waals surface area (Å²) in [4.78, 5) is 13.6. The van der Waals surface area contributed by atoms with Crippen molar-refractivity contribution < 1.29 is 9.21 Å². The molecule has 2 aromatic heterocycles. The van der Waals surface area contributed by atoms with Gasteiger partial charge in [-0.15, -0.1) is 5.10 Å². The summed E-state index contributed by atoms with van der Waals surface area (Å²) in [6.07, 6.45) is 1.45. The van der Waals surface area contributed by atoms with Gasteiger partial charge in [-0.1, -0.05) is 18.2 Å². The number of aryl methyl sites for hydroxylation is 1. The molecule has 3 rings (SSSR count). The summed E-state index contributed by atoms with van der Waals surface area (Å²) < 4.78 is 5.50. The fourth-order valence-electron chi connectivity index (χ4n) is 2.08. The first kappa shape index (κ1) is 14.1. The van der Waals surface area contributed by atoms with Crippen molar-refractivity contribution in [2.45, 2.75) is 19.9 Å². The minimum atomic E-state index is -0.288. The van der Waals surface area contributed by atoms with Gasteiger partial charge in [-0.25, -0.2) is 0 Å². The van der Waals surface area contributed by atoms with E-state index in [1.807, 2.05) is 56.3 Å². The molecule has 1 aromatic carbocycles. The maximum atomic E-state index is 12.2. The second-order valence-corrected chi connectivity index (χ2v) is 5.00. The lowest BCUT2D eigenvalue weighted by Gasteiger charge is -2.09. The van der Waals surface area contributed by atoms with Gasteiger partial charge in [-0.3, -0.25) is 4.79 Å². The number of carbonyl (C=O) groups excluding carboxylic acids is 1. The lowest BCUT2D eigenvalue weighted by atomic mass is 10.2. The maximum absolute atomic E-state index is 12.2. The van der Waals surface area contributed by atoms with E-state index in [1.54, 1.807) is 0 Å². The van der Waals surface area contributed by atoms with E-state index in [-0.39, 0.29) is 17.6 Å². The first-order chi connectivity index (χ1) is 10.6. The lowest BCUT2D eigenvalue weighted by molar-refractivity contribution is 0.0929. The average Bonchev–Trinajstić information content (AvgIpc) is 3.17. The topological polar surface area (TPSA) is 73.0 Å². The molecule has 0 radical (unpaired) electrons. The van der Waals surface area contributed by atoms with E-state index >= 15 is 0 Å². The Morgan fingerprint density at radius 2 is 2.00 bits per heavy atom. The third-order valence-corrected chi connectivity index (χ3v) is 3.25. The van der Waals surface area contributed by atoms with Crippen LogP contribution in [0.3, 0.4) is 0 Å². The second kappa shape index (κ2) is 5.85. The molecule has 2 heterocycles. The van der Waals surface area contributed by atoms with Crippen molar-refractivity contribution in [1.82, 2.24) is 20.3 Å². The molecule has 0 aliphatic heterocycles. The number of carbonyl (C=O) groups is 1. The first-order valence-electron chi connectivity index (χ1n) is 6.98. The van der Waals surface area contributed by atoms with Crippen LogP contribution in [0.2, 0.25) is 0 Å². The SMILES string of the molecule is Cc1ccc([C@@H](C)NC(=O)c2cnn(-c3ccccc3)n2)o1. The van der Waals surface area contributed by atoms with Crippen molar-refractivity contribution in [2.24, 2.45) is 0 Å². The number of nitrogens with zero attached hydrogens (tertiary/aromatic N) is 3. The number of nitrogens with one attached hydrogen (secondary N) is 1. The predicted octanol–water partition coefficient (Wildman–Crippen LogP) is 2.66. The summed E-state index contributed by atoms with van der Waals surface area (Å²) in [5.41, 5.74) is 1.07. The van der Waals surface area contributed by atoms with Crippen molar-refractivity contribution in [3.63, 3.8) is 0 Å². The van der Waals surface area contributed by atoms with E-state index in [9.17, 15) is 4.79 Å². The van der Waals surface area contributed by atoms with Crippen LogP contribution in [0.5, 0.6) is 0 Å². The molecule has 0 saturated heterocycles. The highest BCUT2D eigenvalue weighted by Crippen LogP contribution is 2.16. The van der Waals surface area contributed by atoms with Crippen LogP contribution in [0.1, 0.15) is 35.0 Å². The van der Waals surface area contributed by atoms with E-state index in [1.165, 1.54) is 11.0 Å². The molecule has 0 unspecified atom stereocenters. The van der Waals surface area contributed by atoms with Gasteiger partial charge in [0.1, 0.15) is 11.5 Å². The first-order valence-corrected chi connectivity index (χ1v) is 6.98. The zero-order valence-electron chi connectivity index (χ0n) is 12.4. The summed E-state index contributed by atoms with van der Waals surface area (Å²) in [5.74, 6) is 1.23. The Kier molecular flexibility index (Phi) is 3.74. The van der Waals surface area contributed by atoms with Gasteiger partial charge >= 0.3 is 0 Å². The number of aromatic nitrogens is 3. The van der Waals surface area contributed by atoms with Crippen molar-refractivity contribution in [3.8, 4) is 5.69 Å². The highest BCUT2D eigenvalue weighted by Gasteiger charge is 2.17. The van der Waals surface area contributed by atoms with Crippen molar-refractivity contribution in [2.75, 3.05) is 0 Å². The number of para-hydroxylation sites is 1. The number of hydrogen-bond acceptors (Lipinski definition) is 4. The summed E-state index contributed by atoms with van der Waals surface area (Å²) in [6, 6.07) is 12.9. The molecule has 0 spiro atoms. The molecule has 3 aromatic rings. The Bertz CT molecular complexity index is 776. The zero-order chi connectivity index (χ0) is 15.5. The molecule has 1 atom stereocenters. The molecule has 22 heavy (non-hydrogen) atoms. The van der Waals surface area contributed by atoms with Gasteiger partial charge < -0.3 is 9.73 Å². The standard InChI is InChI=1S/C16H16N4O2/c1-11-8-9-15(22-11)12(2)18-16(21)14-10-17-20(19-14)13-6-4-3-5-7-13/h3-10,12H,1-2H3,(H,18,21)/t12-/m1/s1. The fourth-order valence-corrected chi connectivity index (χ4v) is 2.08. The van der Waals surface area contributed by atoms with Crippen LogP contribution in [0.25, 0.3) is 5.69 Å². The number of amides is 1. The summed E-state index contributed by atoms with van der Waals surface area (Å²) in [6.45, 7) is 3.72. The van der Waals surface area contributed by atoms with Gasteiger partial charge in [-0.05, 0) is 38.1 Å². The molecule has 0 aliphatic carbocycles. The Hall–Kier alpha value is -2.89. The fraction of sp³-hybridized carbons (Fsp3) is 0.188. The Labute approximate surface area is 127 Å². The second-order valence-electron chi connectivity index (χ2n) is 5.00. The van der Waals surface area contributed by atoms with Gasteiger partial charge in [0.15, 0.2) is 5.69 Å². The third-order valence-electron chi connectivity index (χ3n) is 3.25. The molecule has 0 bridgehead atoms. The predicted molar refractivity (Wildman–Crippen MR) is 80.7 cm³/mol. The van der Waals surface area contributed by atoms with Crippen LogP contribution in [-0.2, 0) is 0 Å². The van der Waals surface area contributed by atoms with Crippen molar-refractivity contribution in [3.05, 3.63) is 65.9 Å². The van der Waals surface area contributed by atoms with Gasteiger partial charge in [0.25, 0.3) is 5.91 Å². The highest BCUT2D eigenvalue weighted by molar-refractivity contribution is 5.92. The highest BCUT2D eigenvalue weighted by atomic mass is 16.3. The monoisotopic (exact) mass is 296 g/mol. The molecule has 1 N–H and O–H groups in total. The number of rotatable bonds is 4. The minimum absolute atomic E-state index is 0.233.